The van der Waals surface area contributed by atoms with Crippen LogP contribution in [0.4, 0.5) is 0 Å². The highest BCUT2D eigenvalue weighted by molar-refractivity contribution is 5.27. The fourth-order valence-electron chi connectivity index (χ4n) is 2.34. The average molecular weight is 234 g/mol. The van der Waals surface area contributed by atoms with Crippen molar-refractivity contribution in [2.24, 2.45) is 0 Å². The Kier molecular flexibility index (Phi) is 4.54. The van der Waals surface area contributed by atoms with E-state index in [2.05, 4.69) is 34.5 Å². The molecule has 1 aromatic carbocycles. The molecule has 1 unspecified atom stereocenters. The lowest BCUT2D eigenvalue weighted by Gasteiger charge is -2.28. The van der Waals surface area contributed by atoms with Crippen LogP contribution in [-0.2, 0) is 13.0 Å². The lowest BCUT2D eigenvalue weighted by molar-refractivity contribution is 0.193. The number of rotatable bonds is 4. The van der Waals surface area contributed by atoms with E-state index in [-0.39, 0.29) is 6.10 Å². The smallest absolute Gasteiger partial charge is 0.0552 e. The van der Waals surface area contributed by atoms with Crippen LogP contribution < -0.4 is 5.32 Å². The van der Waals surface area contributed by atoms with Crippen molar-refractivity contribution in [1.29, 1.82) is 0 Å². The van der Waals surface area contributed by atoms with Gasteiger partial charge in [-0.3, -0.25) is 4.90 Å². The van der Waals surface area contributed by atoms with E-state index >= 15 is 0 Å². The van der Waals surface area contributed by atoms with Gasteiger partial charge < -0.3 is 10.4 Å². The van der Waals surface area contributed by atoms with Crippen LogP contribution in [0.1, 0.15) is 18.1 Å². The predicted octanol–water partition coefficient (Wildman–Crippen LogP) is 1.02. The molecule has 1 atom stereocenters. The highest BCUT2D eigenvalue weighted by Crippen LogP contribution is 2.14. The van der Waals surface area contributed by atoms with E-state index in [1.807, 2.05) is 6.92 Å². The van der Waals surface area contributed by atoms with Crippen molar-refractivity contribution < 1.29 is 5.11 Å². The van der Waals surface area contributed by atoms with Gasteiger partial charge in [-0.15, -0.1) is 0 Å². The summed E-state index contributed by atoms with van der Waals surface area (Å²) in [7, 11) is 0. The number of nitrogens with zero attached hydrogens (tertiary/aromatic N) is 1. The summed E-state index contributed by atoms with van der Waals surface area (Å²) in [6.45, 7) is 7.25. The van der Waals surface area contributed by atoms with E-state index in [0.29, 0.717) is 0 Å². The van der Waals surface area contributed by atoms with Crippen LogP contribution in [0.2, 0.25) is 0 Å². The van der Waals surface area contributed by atoms with Crippen LogP contribution in [-0.4, -0.2) is 42.3 Å². The largest absolute Gasteiger partial charge is 0.393 e. The third-order valence-corrected chi connectivity index (χ3v) is 3.24. The lowest BCUT2D eigenvalue weighted by atomic mass is 10.0. The minimum atomic E-state index is -0.265. The zero-order chi connectivity index (χ0) is 12.1. The van der Waals surface area contributed by atoms with Crippen molar-refractivity contribution in [1.82, 2.24) is 10.2 Å². The van der Waals surface area contributed by atoms with Crippen molar-refractivity contribution in [2.75, 3.05) is 26.2 Å². The number of piperazine rings is 1. The zero-order valence-corrected chi connectivity index (χ0v) is 10.5. The molecule has 1 aliphatic rings. The second-order valence-electron chi connectivity index (χ2n) is 4.85. The molecular weight excluding hydrogens is 212 g/mol. The fourth-order valence-corrected chi connectivity index (χ4v) is 2.34. The Morgan fingerprint density at radius 3 is 2.53 bits per heavy atom. The van der Waals surface area contributed by atoms with Gasteiger partial charge in [0.05, 0.1) is 6.10 Å². The molecule has 1 fully saturated rings. The molecule has 1 aliphatic heterocycles. The van der Waals surface area contributed by atoms with Crippen LogP contribution >= 0.6 is 0 Å². The Balaban J connectivity index is 2.03. The average Bonchev–Trinajstić information content (AvgIpc) is 2.32. The normalized spacial score (nSPS) is 19.2. The van der Waals surface area contributed by atoms with Gasteiger partial charge in [-0.25, -0.2) is 0 Å². The van der Waals surface area contributed by atoms with E-state index in [9.17, 15) is 5.11 Å². The maximum atomic E-state index is 9.51. The van der Waals surface area contributed by atoms with E-state index < -0.39 is 0 Å². The van der Waals surface area contributed by atoms with Gasteiger partial charge in [0.2, 0.25) is 0 Å². The van der Waals surface area contributed by atoms with Crippen molar-refractivity contribution in [3.05, 3.63) is 35.4 Å². The molecule has 0 saturated carbocycles. The van der Waals surface area contributed by atoms with Gasteiger partial charge in [-0.05, 0) is 24.5 Å². The van der Waals surface area contributed by atoms with Crippen LogP contribution in [0.3, 0.4) is 0 Å². The number of aliphatic hydroxyl groups excluding tert-OH is 1. The number of aliphatic hydroxyl groups is 1. The van der Waals surface area contributed by atoms with E-state index in [1.54, 1.807) is 0 Å². The first-order valence-electron chi connectivity index (χ1n) is 6.43. The Morgan fingerprint density at radius 1 is 1.24 bits per heavy atom. The van der Waals surface area contributed by atoms with Crippen LogP contribution in [0, 0.1) is 0 Å². The molecule has 17 heavy (non-hydrogen) atoms. The Morgan fingerprint density at radius 2 is 1.88 bits per heavy atom. The fraction of sp³-hybridized carbons (Fsp3) is 0.571. The van der Waals surface area contributed by atoms with Gasteiger partial charge in [0, 0.05) is 32.7 Å². The van der Waals surface area contributed by atoms with Crippen LogP contribution in [0.25, 0.3) is 0 Å². The summed E-state index contributed by atoms with van der Waals surface area (Å²) in [6.07, 6.45) is 0.488. The molecule has 3 heteroatoms. The van der Waals surface area contributed by atoms with Gasteiger partial charge in [-0.2, -0.15) is 0 Å². The van der Waals surface area contributed by atoms with Crippen LogP contribution in [0.5, 0.6) is 0 Å². The third kappa shape index (κ3) is 3.80. The molecule has 0 aliphatic carbocycles. The van der Waals surface area contributed by atoms with Crippen molar-refractivity contribution in [2.45, 2.75) is 26.0 Å². The van der Waals surface area contributed by atoms with E-state index in [0.717, 1.165) is 39.1 Å². The maximum absolute atomic E-state index is 9.51. The first-order chi connectivity index (χ1) is 8.25. The summed E-state index contributed by atoms with van der Waals surface area (Å²) < 4.78 is 0. The molecule has 0 spiro atoms. The van der Waals surface area contributed by atoms with Crippen molar-refractivity contribution >= 4 is 0 Å². The monoisotopic (exact) mass is 234 g/mol. The molecule has 3 nitrogen and oxygen atoms in total. The molecule has 1 heterocycles. The Labute approximate surface area is 103 Å². The lowest BCUT2D eigenvalue weighted by Crippen LogP contribution is -2.43. The van der Waals surface area contributed by atoms with E-state index in [1.165, 1.54) is 11.1 Å². The molecule has 0 radical (unpaired) electrons. The standard InChI is InChI=1S/C14H22N2O/c1-12(17)10-13-4-2-3-5-14(13)11-16-8-6-15-7-9-16/h2-5,12,15,17H,6-11H2,1H3. The number of benzene rings is 1. The Hall–Kier alpha value is -0.900. The summed E-state index contributed by atoms with van der Waals surface area (Å²) >= 11 is 0. The number of hydrogen-bond acceptors (Lipinski definition) is 3. The van der Waals surface area contributed by atoms with Gasteiger partial charge in [0.1, 0.15) is 0 Å². The maximum Gasteiger partial charge on any atom is 0.0552 e. The molecule has 1 aromatic rings. The highest BCUT2D eigenvalue weighted by Gasteiger charge is 2.12. The van der Waals surface area contributed by atoms with Gasteiger partial charge in [0.25, 0.3) is 0 Å². The molecule has 0 bridgehead atoms. The number of hydrogen-bond donors (Lipinski definition) is 2. The molecule has 1 saturated heterocycles. The van der Waals surface area contributed by atoms with Gasteiger partial charge in [0.15, 0.2) is 0 Å². The molecule has 2 N–H and O–H groups in total. The van der Waals surface area contributed by atoms with Gasteiger partial charge in [-0.1, -0.05) is 24.3 Å². The van der Waals surface area contributed by atoms with Gasteiger partial charge >= 0.3 is 0 Å². The molecule has 2 rings (SSSR count). The summed E-state index contributed by atoms with van der Waals surface area (Å²) in [5.41, 5.74) is 2.64. The summed E-state index contributed by atoms with van der Waals surface area (Å²) in [5.74, 6) is 0. The summed E-state index contributed by atoms with van der Waals surface area (Å²) in [5, 5.41) is 12.9. The number of nitrogens with one attached hydrogen (secondary N) is 1. The minimum absolute atomic E-state index is 0.265. The first-order valence-corrected chi connectivity index (χ1v) is 6.43. The molecule has 0 amide bonds. The SMILES string of the molecule is CC(O)Cc1ccccc1CN1CCNCC1. The highest BCUT2D eigenvalue weighted by atomic mass is 16.3. The second-order valence-corrected chi connectivity index (χ2v) is 4.85. The summed E-state index contributed by atoms with van der Waals surface area (Å²) in [6, 6.07) is 8.45. The molecule has 0 aromatic heterocycles. The second kappa shape index (κ2) is 6.15. The summed E-state index contributed by atoms with van der Waals surface area (Å²) in [4.78, 5) is 2.47. The van der Waals surface area contributed by atoms with Crippen molar-refractivity contribution in [3.8, 4) is 0 Å². The molecular formula is C14H22N2O. The Bertz CT molecular complexity index is 346. The minimum Gasteiger partial charge on any atom is -0.393 e. The van der Waals surface area contributed by atoms with E-state index in [4.69, 9.17) is 0 Å². The first kappa shape index (κ1) is 12.6. The third-order valence-electron chi connectivity index (χ3n) is 3.24. The van der Waals surface area contributed by atoms with Crippen molar-refractivity contribution in [3.63, 3.8) is 0 Å². The zero-order valence-electron chi connectivity index (χ0n) is 10.5. The topological polar surface area (TPSA) is 35.5 Å². The quantitative estimate of drug-likeness (QED) is 0.816. The molecule has 94 valence electrons. The predicted molar refractivity (Wildman–Crippen MR) is 70.0 cm³/mol. The van der Waals surface area contributed by atoms with Crippen LogP contribution in [0.15, 0.2) is 24.3 Å².